The SMILES string of the molecule is O=[N+]([O-])c1cn[nH]c1N1CCN(Cc2ccc3c(c2)OCO3)CC1. The summed E-state index contributed by atoms with van der Waals surface area (Å²) in [6.07, 6.45) is 1.26. The van der Waals surface area contributed by atoms with Gasteiger partial charge in [-0.25, -0.2) is 0 Å². The number of ether oxygens (including phenoxy) is 2. The van der Waals surface area contributed by atoms with Crippen LogP contribution < -0.4 is 14.4 Å². The molecule has 1 N–H and O–H groups in total. The van der Waals surface area contributed by atoms with E-state index in [1.165, 1.54) is 11.8 Å². The van der Waals surface area contributed by atoms with Gasteiger partial charge in [0.05, 0.1) is 4.92 Å². The van der Waals surface area contributed by atoms with Gasteiger partial charge in [-0.05, 0) is 17.7 Å². The largest absolute Gasteiger partial charge is 0.454 e. The van der Waals surface area contributed by atoms with Crippen LogP contribution >= 0.6 is 0 Å². The van der Waals surface area contributed by atoms with Crippen molar-refractivity contribution < 1.29 is 14.4 Å². The molecule has 126 valence electrons. The molecular formula is C15H17N5O4. The Labute approximate surface area is 137 Å². The Morgan fingerprint density at radius 1 is 1.21 bits per heavy atom. The fraction of sp³-hybridized carbons (Fsp3) is 0.400. The van der Waals surface area contributed by atoms with Crippen molar-refractivity contribution in [1.29, 1.82) is 0 Å². The van der Waals surface area contributed by atoms with Crippen molar-refractivity contribution >= 4 is 11.5 Å². The zero-order chi connectivity index (χ0) is 16.5. The molecule has 0 radical (unpaired) electrons. The highest BCUT2D eigenvalue weighted by Crippen LogP contribution is 2.33. The lowest BCUT2D eigenvalue weighted by Gasteiger charge is -2.34. The second-order valence-corrected chi connectivity index (χ2v) is 5.81. The van der Waals surface area contributed by atoms with E-state index >= 15 is 0 Å². The molecule has 2 aliphatic rings. The molecule has 2 aliphatic heterocycles. The number of hydrogen-bond donors (Lipinski definition) is 1. The van der Waals surface area contributed by atoms with E-state index in [2.05, 4.69) is 15.1 Å². The average molecular weight is 331 g/mol. The van der Waals surface area contributed by atoms with Gasteiger partial charge in [0.1, 0.15) is 6.20 Å². The van der Waals surface area contributed by atoms with E-state index in [9.17, 15) is 10.1 Å². The van der Waals surface area contributed by atoms with Crippen molar-refractivity contribution in [2.24, 2.45) is 0 Å². The number of rotatable bonds is 4. The summed E-state index contributed by atoms with van der Waals surface area (Å²) >= 11 is 0. The van der Waals surface area contributed by atoms with Gasteiger partial charge < -0.3 is 14.4 Å². The maximum absolute atomic E-state index is 11.0. The third-order valence-corrected chi connectivity index (χ3v) is 4.33. The van der Waals surface area contributed by atoms with Crippen LogP contribution in [0, 0.1) is 10.1 Å². The predicted molar refractivity (Wildman–Crippen MR) is 85.3 cm³/mol. The van der Waals surface area contributed by atoms with Crippen LogP contribution in [0.4, 0.5) is 11.5 Å². The Balaban J connectivity index is 1.38. The Morgan fingerprint density at radius 3 is 2.79 bits per heavy atom. The minimum absolute atomic E-state index is 0.0271. The van der Waals surface area contributed by atoms with E-state index in [1.54, 1.807) is 0 Å². The van der Waals surface area contributed by atoms with Gasteiger partial charge in [0, 0.05) is 32.7 Å². The van der Waals surface area contributed by atoms with Crippen molar-refractivity contribution in [2.45, 2.75) is 6.54 Å². The van der Waals surface area contributed by atoms with Crippen LogP contribution in [0.2, 0.25) is 0 Å². The predicted octanol–water partition coefficient (Wildman–Crippen LogP) is 1.37. The van der Waals surface area contributed by atoms with Gasteiger partial charge in [-0.3, -0.25) is 20.1 Å². The van der Waals surface area contributed by atoms with Gasteiger partial charge in [-0.15, -0.1) is 0 Å². The number of aromatic nitrogens is 2. The van der Waals surface area contributed by atoms with Crippen molar-refractivity contribution in [1.82, 2.24) is 15.1 Å². The minimum Gasteiger partial charge on any atom is -0.454 e. The number of anilines is 1. The molecule has 0 aliphatic carbocycles. The van der Waals surface area contributed by atoms with Gasteiger partial charge in [-0.2, -0.15) is 5.10 Å². The first-order chi connectivity index (χ1) is 11.7. The van der Waals surface area contributed by atoms with Crippen molar-refractivity contribution in [2.75, 3.05) is 37.9 Å². The average Bonchev–Trinajstić information content (AvgIpc) is 3.24. The summed E-state index contributed by atoms with van der Waals surface area (Å²) in [5.74, 6) is 2.07. The fourth-order valence-electron chi connectivity index (χ4n) is 3.07. The van der Waals surface area contributed by atoms with E-state index < -0.39 is 4.92 Å². The third kappa shape index (κ3) is 2.73. The zero-order valence-corrected chi connectivity index (χ0v) is 13.0. The summed E-state index contributed by atoms with van der Waals surface area (Å²) in [5.41, 5.74) is 1.19. The molecule has 1 aromatic carbocycles. The smallest absolute Gasteiger partial charge is 0.330 e. The number of benzene rings is 1. The Bertz CT molecular complexity index is 754. The van der Waals surface area contributed by atoms with Crippen LogP contribution in [0.1, 0.15) is 5.56 Å². The van der Waals surface area contributed by atoms with Gasteiger partial charge in [-0.1, -0.05) is 6.07 Å². The van der Waals surface area contributed by atoms with Crippen LogP contribution in [-0.4, -0.2) is 53.0 Å². The van der Waals surface area contributed by atoms with Crippen molar-refractivity contribution in [3.05, 3.63) is 40.1 Å². The zero-order valence-electron chi connectivity index (χ0n) is 13.0. The summed E-state index contributed by atoms with van der Waals surface area (Å²) in [7, 11) is 0. The molecule has 9 nitrogen and oxygen atoms in total. The number of fused-ring (bicyclic) bond motifs is 1. The van der Waals surface area contributed by atoms with Gasteiger partial charge in [0.25, 0.3) is 0 Å². The van der Waals surface area contributed by atoms with E-state index in [-0.39, 0.29) is 12.5 Å². The number of piperazine rings is 1. The first-order valence-electron chi connectivity index (χ1n) is 7.74. The van der Waals surface area contributed by atoms with Crippen LogP contribution in [0.25, 0.3) is 0 Å². The maximum Gasteiger partial charge on any atom is 0.330 e. The van der Waals surface area contributed by atoms with E-state index in [0.29, 0.717) is 18.9 Å². The number of nitrogens with one attached hydrogen (secondary N) is 1. The number of aromatic amines is 1. The number of H-pyrrole nitrogens is 1. The summed E-state index contributed by atoms with van der Waals surface area (Å²) in [4.78, 5) is 14.9. The fourth-order valence-corrected chi connectivity index (χ4v) is 3.07. The third-order valence-electron chi connectivity index (χ3n) is 4.33. The molecule has 2 aromatic rings. The quantitative estimate of drug-likeness (QED) is 0.667. The topological polar surface area (TPSA) is 96.8 Å². The van der Waals surface area contributed by atoms with Gasteiger partial charge >= 0.3 is 5.69 Å². The van der Waals surface area contributed by atoms with E-state index in [0.717, 1.165) is 31.1 Å². The molecule has 1 aromatic heterocycles. The Morgan fingerprint density at radius 2 is 2.00 bits per heavy atom. The summed E-state index contributed by atoms with van der Waals surface area (Å²) in [6.45, 7) is 4.17. The lowest BCUT2D eigenvalue weighted by molar-refractivity contribution is -0.384. The molecule has 0 amide bonds. The van der Waals surface area contributed by atoms with Gasteiger partial charge in [0.15, 0.2) is 11.5 Å². The van der Waals surface area contributed by atoms with Gasteiger partial charge in [0.2, 0.25) is 12.6 Å². The number of hydrogen-bond acceptors (Lipinski definition) is 7. The first-order valence-corrected chi connectivity index (χ1v) is 7.74. The lowest BCUT2D eigenvalue weighted by atomic mass is 10.1. The molecule has 0 saturated carbocycles. The van der Waals surface area contributed by atoms with Crippen molar-refractivity contribution in [3.8, 4) is 11.5 Å². The standard InChI is InChI=1S/C15H17N5O4/c21-20(22)12-8-16-17-15(12)19-5-3-18(4-6-19)9-11-1-2-13-14(7-11)24-10-23-13/h1-2,7-8H,3-6,9-10H2,(H,16,17). The van der Waals surface area contributed by atoms with Crippen LogP contribution in [0.3, 0.4) is 0 Å². The molecule has 1 saturated heterocycles. The summed E-state index contributed by atoms with van der Waals surface area (Å²) in [5, 5.41) is 17.5. The summed E-state index contributed by atoms with van der Waals surface area (Å²) in [6, 6.07) is 5.98. The highest BCUT2D eigenvalue weighted by molar-refractivity contribution is 5.56. The molecule has 1 fully saturated rings. The molecule has 3 heterocycles. The number of nitrogens with zero attached hydrogens (tertiary/aromatic N) is 4. The molecule has 9 heteroatoms. The second kappa shape index (κ2) is 6.00. The molecule has 0 spiro atoms. The first kappa shape index (κ1) is 14.8. The molecule has 4 rings (SSSR count). The van der Waals surface area contributed by atoms with E-state index in [4.69, 9.17) is 9.47 Å². The lowest BCUT2D eigenvalue weighted by Crippen LogP contribution is -2.46. The Hall–Kier alpha value is -2.81. The molecule has 0 unspecified atom stereocenters. The maximum atomic E-state index is 11.0. The van der Waals surface area contributed by atoms with E-state index in [1.807, 2.05) is 23.1 Å². The second-order valence-electron chi connectivity index (χ2n) is 5.81. The number of nitro groups is 1. The van der Waals surface area contributed by atoms with Crippen LogP contribution in [0.15, 0.2) is 24.4 Å². The monoisotopic (exact) mass is 331 g/mol. The molecule has 0 atom stereocenters. The highest BCUT2D eigenvalue weighted by Gasteiger charge is 2.25. The van der Waals surface area contributed by atoms with Crippen LogP contribution in [0.5, 0.6) is 11.5 Å². The molecule has 24 heavy (non-hydrogen) atoms. The normalized spacial score (nSPS) is 17.2. The summed E-state index contributed by atoms with van der Waals surface area (Å²) < 4.78 is 10.7. The minimum atomic E-state index is -0.405. The highest BCUT2D eigenvalue weighted by atomic mass is 16.7. The Kier molecular flexibility index (Phi) is 3.69. The molecule has 0 bridgehead atoms. The van der Waals surface area contributed by atoms with Crippen LogP contribution in [-0.2, 0) is 6.54 Å². The molecular weight excluding hydrogens is 314 g/mol. The van der Waals surface area contributed by atoms with Crippen molar-refractivity contribution in [3.63, 3.8) is 0 Å².